The lowest BCUT2D eigenvalue weighted by molar-refractivity contribution is 0.198. The Morgan fingerprint density at radius 1 is 0.919 bits per heavy atom. The summed E-state index contributed by atoms with van der Waals surface area (Å²) in [6.07, 6.45) is 7.79. The molecule has 1 fully saturated rings. The first-order chi connectivity index (χ1) is 18.2. The summed E-state index contributed by atoms with van der Waals surface area (Å²) in [5.41, 5.74) is 6.97. The Morgan fingerprint density at radius 3 is 2.65 bits per heavy atom. The number of anilines is 1. The number of halogens is 1. The number of hydrogen-bond donors (Lipinski definition) is 1. The molecule has 3 aromatic heterocycles. The van der Waals surface area contributed by atoms with E-state index in [9.17, 15) is 0 Å². The van der Waals surface area contributed by atoms with Crippen molar-refractivity contribution >= 4 is 27.4 Å². The van der Waals surface area contributed by atoms with Gasteiger partial charge in [-0.25, -0.2) is 4.98 Å². The minimum atomic E-state index is 0.372. The molecule has 0 amide bonds. The highest BCUT2D eigenvalue weighted by atomic mass is 79.9. The molecule has 1 unspecified atom stereocenters. The monoisotopic (exact) mass is 552 g/mol. The molecule has 37 heavy (non-hydrogen) atoms. The highest BCUT2D eigenvalue weighted by Gasteiger charge is 2.24. The average molecular weight is 554 g/mol. The first-order valence-electron chi connectivity index (χ1n) is 12.8. The smallest absolute Gasteiger partial charge is 0.171 e. The maximum Gasteiger partial charge on any atom is 0.171 e. The van der Waals surface area contributed by atoms with Gasteiger partial charge in [0.15, 0.2) is 5.65 Å². The topological polar surface area (TPSA) is 58.4 Å². The van der Waals surface area contributed by atoms with Gasteiger partial charge in [-0.05, 0) is 69.7 Å². The van der Waals surface area contributed by atoms with E-state index >= 15 is 0 Å². The van der Waals surface area contributed by atoms with E-state index in [1.807, 2.05) is 23.0 Å². The van der Waals surface area contributed by atoms with E-state index in [0.717, 1.165) is 59.7 Å². The van der Waals surface area contributed by atoms with Crippen LogP contribution in [0.2, 0.25) is 0 Å². The second-order valence-electron chi connectivity index (χ2n) is 9.65. The van der Waals surface area contributed by atoms with Crippen LogP contribution in [-0.2, 0) is 13.1 Å². The van der Waals surface area contributed by atoms with Crippen LogP contribution in [0.5, 0.6) is 0 Å². The Kier molecular flexibility index (Phi) is 6.97. The number of fused-ring (bicyclic) bond motifs is 1. The van der Waals surface area contributed by atoms with E-state index in [1.165, 1.54) is 16.7 Å². The van der Waals surface area contributed by atoms with Gasteiger partial charge in [0, 0.05) is 44.0 Å². The van der Waals surface area contributed by atoms with Crippen molar-refractivity contribution in [3.63, 3.8) is 0 Å². The molecule has 1 aliphatic heterocycles. The van der Waals surface area contributed by atoms with Gasteiger partial charge in [0.25, 0.3) is 0 Å². The SMILES string of the molecule is Brc1cnn2c(NCc3cccnc3)cc(C3CCCN(Cc4cccc(-c5ccccc5)c4)C3)nc12. The summed E-state index contributed by atoms with van der Waals surface area (Å²) in [4.78, 5) is 11.8. The van der Waals surface area contributed by atoms with Crippen LogP contribution in [0.1, 0.15) is 35.6 Å². The van der Waals surface area contributed by atoms with Crippen LogP contribution in [0.4, 0.5) is 5.82 Å². The Balaban J connectivity index is 1.21. The molecule has 1 saturated heterocycles. The molecule has 0 bridgehead atoms. The normalized spacial score (nSPS) is 16.2. The van der Waals surface area contributed by atoms with E-state index < -0.39 is 0 Å². The summed E-state index contributed by atoms with van der Waals surface area (Å²) < 4.78 is 2.78. The third-order valence-electron chi connectivity index (χ3n) is 7.01. The van der Waals surface area contributed by atoms with Crippen LogP contribution in [0.25, 0.3) is 16.8 Å². The quantitative estimate of drug-likeness (QED) is 0.248. The molecule has 0 aliphatic carbocycles. The summed E-state index contributed by atoms with van der Waals surface area (Å²) in [5.74, 6) is 1.32. The zero-order valence-corrected chi connectivity index (χ0v) is 22.2. The number of rotatable bonds is 7. The van der Waals surface area contributed by atoms with Gasteiger partial charge >= 0.3 is 0 Å². The number of aromatic nitrogens is 4. The largest absolute Gasteiger partial charge is 0.366 e. The van der Waals surface area contributed by atoms with Crippen molar-refractivity contribution in [1.82, 2.24) is 24.5 Å². The van der Waals surface area contributed by atoms with Crippen molar-refractivity contribution in [2.75, 3.05) is 18.4 Å². The fraction of sp³-hybridized carbons (Fsp3) is 0.233. The van der Waals surface area contributed by atoms with Gasteiger partial charge in [-0.2, -0.15) is 9.61 Å². The minimum absolute atomic E-state index is 0.372. The van der Waals surface area contributed by atoms with E-state index in [4.69, 9.17) is 4.98 Å². The van der Waals surface area contributed by atoms with Crippen molar-refractivity contribution in [3.05, 3.63) is 113 Å². The molecule has 186 valence electrons. The maximum atomic E-state index is 5.04. The number of piperidine rings is 1. The van der Waals surface area contributed by atoms with Gasteiger partial charge in [0.1, 0.15) is 5.82 Å². The molecule has 4 heterocycles. The highest BCUT2D eigenvalue weighted by molar-refractivity contribution is 9.10. The fourth-order valence-corrected chi connectivity index (χ4v) is 5.51. The van der Waals surface area contributed by atoms with Gasteiger partial charge in [-0.3, -0.25) is 9.88 Å². The third-order valence-corrected chi connectivity index (χ3v) is 7.57. The Labute approximate surface area is 225 Å². The number of hydrogen-bond acceptors (Lipinski definition) is 5. The predicted molar refractivity (Wildman–Crippen MR) is 151 cm³/mol. The number of likely N-dealkylation sites (tertiary alicyclic amines) is 1. The van der Waals surface area contributed by atoms with Gasteiger partial charge in [0.2, 0.25) is 0 Å². The molecule has 6 nitrogen and oxygen atoms in total. The summed E-state index contributed by atoms with van der Waals surface area (Å²) in [6, 6.07) is 25.7. The number of benzene rings is 2. The first-order valence-corrected chi connectivity index (χ1v) is 13.6. The second kappa shape index (κ2) is 10.8. The molecule has 2 aromatic carbocycles. The van der Waals surface area contributed by atoms with E-state index in [-0.39, 0.29) is 0 Å². The predicted octanol–water partition coefficient (Wildman–Crippen LogP) is 6.55. The lowest BCUT2D eigenvalue weighted by Gasteiger charge is -2.32. The molecule has 6 rings (SSSR count). The van der Waals surface area contributed by atoms with Gasteiger partial charge in [-0.15, -0.1) is 0 Å². The van der Waals surface area contributed by atoms with Gasteiger partial charge < -0.3 is 5.32 Å². The molecule has 1 atom stereocenters. The first kappa shape index (κ1) is 23.8. The van der Waals surface area contributed by atoms with E-state index in [0.29, 0.717) is 12.5 Å². The van der Waals surface area contributed by atoms with Crippen LogP contribution in [0, 0.1) is 0 Å². The third kappa shape index (κ3) is 5.43. The lowest BCUT2D eigenvalue weighted by Crippen LogP contribution is -2.34. The number of nitrogens with zero attached hydrogens (tertiary/aromatic N) is 5. The molecular formula is C30H29BrN6. The zero-order chi connectivity index (χ0) is 25.0. The summed E-state index contributed by atoms with van der Waals surface area (Å²) >= 11 is 3.64. The number of nitrogens with one attached hydrogen (secondary N) is 1. The van der Waals surface area contributed by atoms with Crippen molar-refractivity contribution in [1.29, 1.82) is 0 Å². The Morgan fingerprint density at radius 2 is 1.78 bits per heavy atom. The molecule has 0 radical (unpaired) electrons. The van der Waals surface area contributed by atoms with Crippen LogP contribution in [-0.4, -0.2) is 37.6 Å². The molecule has 0 saturated carbocycles. The van der Waals surface area contributed by atoms with Crippen molar-refractivity contribution in [3.8, 4) is 11.1 Å². The molecule has 0 spiro atoms. The molecule has 1 aliphatic rings. The summed E-state index contributed by atoms with van der Waals surface area (Å²) in [5, 5.41) is 8.10. The minimum Gasteiger partial charge on any atom is -0.366 e. The Hall–Kier alpha value is -3.55. The van der Waals surface area contributed by atoms with Crippen molar-refractivity contribution in [2.45, 2.75) is 31.8 Å². The average Bonchev–Trinajstić information content (AvgIpc) is 3.33. The zero-order valence-electron chi connectivity index (χ0n) is 20.6. The summed E-state index contributed by atoms with van der Waals surface area (Å²) in [6.45, 7) is 3.73. The maximum absolute atomic E-state index is 5.04. The Bertz CT molecular complexity index is 1480. The fourth-order valence-electron chi connectivity index (χ4n) is 5.16. The van der Waals surface area contributed by atoms with Crippen LogP contribution in [0.15, 0.2) is 95.9 Å². The highest BCUT2D eigenvalue weighted by Crippen LogP contribution is 2.31. The molecule has 7 heteroatoms. The van der Waals surface area contributed by atoms with E-state index in [2.05, 4.69) is 103 Å². The van der Waals surface area contributed by atoms with Gasteiger partial charge in [0.05, 0.1) is 16.4 Å². The van der Waals surface area contributed by atoms with Crippen LogP contribution < -0.4 is 5.32 Å². The molecular weight excluding hydrogens is 524 g/mol. The number of pyridine rings is 1. The second-order valence-corrected chi connectivity index (χ2v) is 10.5. The summed E-state index contributed by atoms with van der Waals surface area (Å²) in [7, 11) is 0. The van der Waals surface area contributed by atoms with E-state index in [1.54, 1.807) is 6.20 Å². The van der Waals surface area contributed by atoms with Crippen molar-refractivity contribution in [2.24, 2.45) is 0 Å². The van der Waals surface area contributed by atoms with Gasteiger partial charge in [-0.1, -0.05) is 54.6 Å². The van der Waals surface area contributed by atoms with Crippen molar-refractivity contribution < 1.29 is 0 Å². The molecule has 1 N–H and O–H groups in total. The van der Waals surface area contributed by atoms with Crippen LogP contribution >= 0.6 is 15.9 Å². The molecule has 5 aromatic rings. The lowest BCUT2D eigenvalue weighted by atomic mass is 9.93. The van der Waals surface area contributed by atoms with Crippen LogP contribution in [0.3, 0.4) is 0 Å². The standard InChI is InChI=1S/C30H29BrN6/c31-27-19-34-37-29(33-18-23-8-5-13-32-17-23)16-28(35-30(27)37)26-12-6-14-36(21-26)20-22-7-4-11-25(15-22)24-9-2-1-3-10-24/h1-5,7-11,13,15-17,19,26,33H,6,12,14,18,20-21H2.